The summed E-state index contributed by atoms with van der Waals surface area (Å²) in [5, 5.41) is 2.83. The lowest BCUT2D eigenvalue weighted by molar-refractivity contribution is -0.142. The van der Waals surface area contributed by atoms with Crippen LogP contribution in [0.15, 0.2) is 12.1 Å². The summed E-state index contributed by atoms with van der Waals surface area (Å²) in [6.07, 6.45) is 0.283. The van der Waals surface area contributed by atoms with Crippen LogP contribution in [-0.2, 0) is 20.9 Å². The molecule has 0 aliphatic heterocycles. The van der Waals surface area contributed by atoms with E-state index in [1.54, 1.807) is 0 Å². The van der Waals surface area contributed by atoms with Crippen molar-refractivity contribution >= 4 is 11.9 Å². The average Bonchev–Trinajstić information content (AvgIpc) is 2.34. The Hall–Kier alpha value is -1.84. The molecule has 0 unspecified atom stereocenters. The zero-order valence-electron chi connectivity index (χ0n) is 12.0. The number of carbonyl (C=O) groups excluding carboxylic acids is 2. The van der Waals surface area contributed by atoms with Crippen molar-refractivity contribution in [2.45, 2.75) is 40.2 Å². The zero-order valence-corrected chi connectivity index (χ0v) is 12.0. The molecule has 0 saturated heterocycles. The van der Waals surface area contributed by atoms with Gasteiger partial charge in [0.2, 0.25) is 5.91 Å². The van der Waals surface area contributed by atoms with E-state index in [0.29, 0.717) is 6.54 Å². The van der Waals surface area contributed by atoms with Crippen molar-refractivity contribution in [3.63, 3.8) is 0 Å². The van der Waals surface area contributed by atoms with Crippen LogP contribution in [0.3, 0.4) is 0 Å². The number of nitrogens with one attached hydrogen (secondary N) is 1. The molecular formula is C15H21NO3. The number of methoxy groups -OCH3 is 1. The molecule has 0 fully saturated rings. The van der Waals surface area contributed by atoms with Crippen molar-refractivity contribution < 1.29 is 14.3 Å². The minimum atomic E-state index is -0.363. The van der Waals surface area contributed by atoms with Crippen LogP contribution < -0.4 is 5.32 Å². The maximum Gasteiger partial charge on any atom is 0.306 e. The number of rotatable bonds is 5. The van der Waals surface area contributed by atoms with E-state index in [1.807, 2.05) is 13.8 Å². The van der Waals surface area contributed by atoms with Crippen LogP contribution in [0.25, 0.3) is 0 Å². The predicted molar refractivity (Wildman–Crippen MR) is 73.7 cm³/mol. The highest BCUT2D eigenvalue weighted by Gasteiger charge is 2.08. The van der Waals surface area contributed by atoms with Crippen LogP contribution in [-0.4, -0.2) is 19.0 Å². The van der Waals surface area contributed by atoms with Crippen molar-refractivity contribution in [2.75, 3.05) is 7.11 Å². The second kappa shape index (κ2) is 6.92. The largest absolute Gasteiger partial charge is 0.469 e. The molecule has 0 bridgehead atoms. The third kappa shape index (κ3) is 4.73. The number of amides is 1. The lowest BCUT2D eigenvalue weighted by atomic mass is 10.00. The van der Waals surface area contributed by atoms with Crippen LogP contribution in [0.4, 0.5) is 0 Å². The molecule has 0 aliphatic carbocycles. The summed E-state index contributed by atoms with van der Waals surface area (Å²) in [7, 11) is 1.32. The van der Waals surface area contributed by atoms with Gasteiger partial charge in [0.25, 0.3) is 0 Å². The Balaban J connectivity index is 2.53. The van der Waals surface area contributed by atoms with Gasteiger partial charge < -0.3 is 10.1 Å². The number of aryl methyl sites for hydroxylation is 3. The number of hydrogen-bond acceptors (Lipinski definition) is 3. The molecule has 1 amide bonds. The smallest absolute Gasteiger partial charge is 0.306 e. The number of carbonyl (C=O) groups is 2. The van der Waals surface area contributed by atoms with Crippen molar-refractivity contribution in [2.24, 2.45) is 0 Å². The van der Waals surface area contributed by atoms with Crippen LogP contribution in [0.5, 0.6) is 0 Å². The summed E-state index contributed by atoms with van der Waals surface area (Å²) in [6, 6.07) is 4.20. The Morgan fingerprint density at radius 3 is 2.21 bits per heavy atom. The van der Waals surface area contributed by atoms with Gasteiger partial charge in [-0.2, -0.15) is 0 Å². The Bertz CT molecular complexity index is 457. The van der Waals surface area contributed by atoms with Gasteiger partial charge >= 0.3 is 5.97 Å². The third-order valence-electron chi connectivity index (χ3n) is 3.09. The fourth-order valence-corrected chi connectivity index (χ4v) is 2.08. The van der Waals surface area contributed by atoms with E-state index in [1.165, 1.54) is 23.8 Å². The Kier molecular flexibility index (Phi) is 5.55. The second-order valence-corrected chi connectivity index (χ2v) is 4.73. The van der Waals surface area contributed by atoms with Gasteiger partial charge in [-0.1, -0.05) is 17.7 Å². The summed E-state index contributed by atoms with van der Waals surface area (Å²) in [6.45, 7) is 6.63. The minimum absolute atomic E-state index is 0.119. The normalized spacial score (nSPS) is 10.1. The molecule has 0 heterocycles. The van der Waals surface area contributed by atoms with Crippen LogP contribution in [0.1, 0.15) is 35.1 Å². The molecule has 1 aromatic carbocycles. The molecule has 1 N–H and O–H groups in total. The molecule has 104 valence electrons. The Labute approximate surface area is 114 Å². The zero-order chi connectivity index (χ0) is 14.4. The molecule has 0 saturated carbocycles. The highest BCUT2D eigenvalue weighted by Crippen LogP contribution is 2.16. The molecule has 4 nitrogen and oxygen atoms in total. The molecule has 0 atom stereocenters. The van der Waals surface area contributed by atoms with Crippen molar-refractivity contribution in [3.05, 3.63) is 34.4 Å². The highest BCUT2D eigenvalue weighted by atomic mass is 16.5. The van der Waals surface area contributed by atoms with Gasteiger partial charge in [-0.15, -0.1) is 0 Å². The SMILES string of the molecule is COC(=O)CCC(=O)NCc1c(C)cc(C)cc1C. The van der Waals surface area contributed by atoms with Gasteiger partial charge in [-0.25, -0.2) is 0 Å². The Morgan fingerprint density at radius 2 is 1.68 bits per heavy atom. The quantitative estimate of drug-likeness (QED) is 0.828. The Morgan fingerprint density at radius 1 is 1.11 bits per heavy atom. The first-order valence-corrected chi connectivity index (χ1v) is 6.34. The average molecular weight is 263 g/mol. The molecular weight excluding hydrogens is 242 g/mol. The fraction of sp³-hybridized carbons (Fsp3) is 0.467. The summed E-state index contributed by atoms with van der Waals surface area (Å²) < 4.78 is 4.50. The summed E-state index contributed by atoms with van der Waals surface area (Å²) >= 11 is 0. The number of benzene rings is 1. The van der Waals surface area contributed by atoms with Gasteiger partial charge in [0.15, 0.2) is 0 Å². The fourth-order valence-electron chi connectivity index (χ4n) is 2.08. The van der Waals surface area contributed by atoms with Crippen LogP contribution in [0.2, 0.25) is 0 Å². The molecule has 0 spiro atoms. The third-order valence-corrected chi connectivity index (χ3v) is 3.09. The predicted octanol–water partition coefficient (Wildman–Crippen LogP) is 2.18. The van der Waals surface area contributed by atoms with Crippen LogP contribution in [0, 0.1) is 20.8 Å². The number of ether oxygens (including phenoxy) is 1. The van der Waals surface area contributed by atoms with E-state index < -0.39 is 0 Å². The maximum absolute atomic E-state index is 11.6. The molecule has 4 heteroatoms. The van der Waals surface area contributed by atoms with Gasteiger partial charge in [-0.05, 0) is 37.5 Å². The lowest BCUT2D eigenvalue weighted by Gasteiger charge is -2.12. The topological polar surface area (TPSA) is 55.4 Å². The van der Waals surface area contributed by atoms with Gasteiger partial charge in [0.05, 0.1) is 13.5 Å². The van der Waals surface area contributed by atoms with E-state index in [4.69, 9.17) is 0 Å². The van der Waals surface area contributed by atoms with Crippen molar-refractivity contribution in [1.82, 2.24) is 5.32 Å². The lowest BCUT2D eigenvalue weighted by Crippen LogP contribution is -2.24. The van der Waals surface area contributed by atoms with Crippen LogP contribution >= 0.6 is 0 Å². The number of hydrogen-bond donors (Lipinski definition) is 1. The first kappa shape index (κ1) is 15.2. The van der Waals surface area contributed by atoms with E-state index in [2.05, 4.69) is 29.1 Å². The minimum Gasteiger partial charge on any atom is -0.469 e. The first-order chi connectivity index (χ1) is 8.93. The summed E-state index contributed by atoms with van der Waals surface area (Å²) in [5.74, 6) is -0.498. The summed E-state index contributed by atoms with van der Waals surface area (Å²) in [5.41, 5.74) is 4.70. The monoisotopic (exact) mass is 263 g/mol. The van der Waals surface area contributed by atoms with E-state index in [9.17, 15) is 9.59 Å². The van der Waals surface area contributed by atoms with Crippen molar-refractivity contribution in [3.8, 4) is 0 Å². The molecule has 0 radical (unpaired) electrons. The standard InChI is InChI=1S/C15H21NO3/c1-10-7-11(2)13(12(3)8-10)9-16-14(17)5-6-15(18)19-4/h7-8H,5-6,9H2,1-4H3,(H,16,17). The molecule has 0 aromatic heterocycles. The van der Waals surface area contributed by atoms with E-state index >= 15 is 0 Å². The van der Waals surface area contributed by atoms with Gasteiger partial charge in [-0.3, -0.25) is 9.59 Å². The number of esters is 1. The molecule has 0 aliphatic rings. The summed E-state index contributed by atoms with van der Waals surface area (Å²) in [4.78, 5) is 22.5. The van der Waals surface area contributed by atoms with Gasteiger partial charge in [0, 0.05) is 13.0 Å². The molecule has 1 aromatic rings. The van der Waals surface area contributed by atoms with Gasteiger partial charge in [0.1, 0.15) is 0 Å². The molecule has 19 heavy (non-hydrogen) atoms. The highest BCUT2D eigenvalue weighted by molar-refractivity contribution is 5.81. The first-order valence-electron chi connectivity index (χ1n) is 6.34. The van der Waals surface area contributed by atoms with E-state index in [0.717, 1.165) is 5.56 Å². The second-order valence-electron chi connectivity index (χ2n) is 4.73. The van der Waals surface area contributed by atoms with E-state index in [-0.39, 0.29) is 24.7 Å². The van der Waals surface area contributed by atoms with Crippen molar-refractivity contribution in [1.29, 1.82) is 0 Å². The molecule has 1 rings (SSSR count). The maximum atomic E-state index is 11.6.